The van der Waals surface area contributed by atoms with Gasteiger partial charge in [0.2, 0.25) is 5.91 Å². The molecule has 1 amide bonds. The number of hydrogen-bond donors (Lipinski definition) is 1. The van der Waals surface area contributed by atoms with E-state index in [2.05, 4.69) is 4.74 Å². The second-order valence-corrected chi connectivity index (χ2v) is 6.35. The zero-order chi connectivity index (χ0) is 17.6. The average Bonchev–Trinajstić information content (AvgIpc) is 2.47. The summed E-state index contributed by atoms with van der Waals surface area (Å²) in [6.07, 6.45) is 0.434. The highest BCUT2D eigenvalue weighted by molar-refractivity contribution is 5.78. The molecule has 1 aromatic rings. The van der Waals surface area contributed by atoms with Crippen molar-refractivity contribution in [2.45, 2.75) is 33.2 Å². The van der Waals surface area contributed by atoms with E-state index >= 15 is 0 Å². The van der Waals surface area contributed by atoms with Crippen molar-refractivity contribution in [1.29, 1.82) is 0 Å². The van der Waals surface area contributed by atoms with E-state index in [4.69, 9.17) is 4.74 Å². The standard InChI is InChI=1S/C17H25NO5/c1-17(2,10-16(21)23-5)9-15(20)18(3)11-12-6-7-13(19)14(8-12)22-4/h6-8,19H,9-11H2,1-5H3. The largest absolute Gasteiger partial charge is 0.504 e. The van der Waals surface area contributed by atoms with Gasteiger partial charge in [0.25, 0.3) is 0 Å². The molecule has 1 N–H and O–H groups in total. The summed E-state index contributed by atoms with van der Waals surface area (Å²) in [7, 11) is 4.52. The zero-order valence-corrected chi connectivity index (χ0v) is 14.4. The van der Waals surface area contributed by atoms with Crippen LogP contribution in [0.15, 0.2) is 18.2 Å². The monoisotopic (exact) mass is 323 g/mol. The number of carbonyl (C=O) groups is 2. The molecule has 0 bridgehead atoms. The number of carbonyl (C=O) groups excluding carboxylic acids is 2. The van der Waals surface area contributed by atoms with Crippen LogP contribution in [0.1, 0.15) is 32.3 Å². The molecule has 0 aliphatic carbocycles. The third-order valence-corrected chi connectivity index (χ3v) is 3.57. The highest BCUT2D eigenvalue weighted by Crippen LogP contribution is 2.28. The third kappa shape index (κ3) is 5.81. The minimum absolute atomic E-state index is 0.0597. The minimum atomic E-state index is -0.467. The van der Waals surface area contributed by atoms with E-state index in [9.17, 15) is 14.7 Å². The summed E-state index contributed by atoms with van der Waals surface area (Å²) in [6, 6.07) is 4.97. The predicted molar refractivity (Wildman–Crippen MR) is 86.2 cm³/mol. The molecule has 1 rings (SSSR count). The van der Waals surface area contributed by atoms with Gasteiger partial charge >= 0.3 is 5.97 Å². The normalized spacial score (nSPS) is 11.0. The fourth-order valence-corrected chi connectivity index (χ4v) is 2.25. The first-order chi connectivity index (χ1) is 10.7. The molecular formula is C17H25NO5. The van der Waals surface area contributed by atoms with Crippen molar-refractivity contribution in [3.63, 3.8) is 0 Å². The maximum Gasteiger partial charge on any atom is 0.306 e. The Hall–Kier alpha value is -2.24. The molecule has 0 heterocycles. The van der Waals surface area contributed by atoms with Gasteiger partial charge in [0.05, 0.1) is 20.6 Å². The Bertz CT molecular complexity index is 568. The van der Waals surface area contributed by atoms with Crippen LogP contribution in [0.2, 0.25) is 0 Å². The highest BCUT2D eigenvalue weighted by atomic mass is 16.5. The SMILES string of the molecule is COC(=O)CC(C)(C)CC(=O)N(C)Cc1ccc(O)c(OC)c1. The first-order valence-electron chi connectivity index (χ1n) is 7.35. The van der Waals surface area contributed by atoms with Crippen LogP contribution in [-0.2, 0) is 20.9 Å². The zero-order valence-electron chi connectivity index (χ0n) is 14.4. The van der Waals surface area contributed by atoms with Crippen LogP contribution < -0.4 is 4.74 Å². The van der Waals surface area contributed by atoms with Gasteiger partial charge in [-0.1, -0.05) is 19.9 Å². The number of hydrogen-bond acceptors (Lipinski definition) is 5. The van der Waals surface area contributed by atoms with Crippen molar-refractivity contribution in [3.05, 3.63) is 23.8 Å². The van der Waals surface area contributed by atoms with Gasteiger partial charge in [0.15, 0.2) is 11.5 Å². The number of rotatable bonds is 7. The van der Waals surface area contributed by atoms with Crippen LogP contribution in [0.4, 0.5) is 0 Å². The van der Waals surface area contributed by atoms with E-state index < -0.39 is 5.41 Å². The van der Waals surface area contributed by atoms with Gasteiger partial charge in [-0.15, -0.1) is 0 Å². The Labute approximate surface area is 137 Å². The molecule has 0 saturated heterocycles. The molecule has 23 heavy (non-hydrogen) atoms. The first kappa shape index (κ1) is 18.8. The maximum atomic E-state index is 12.3. The average molecular weight is 323 g/mol. The Balaban J connectivity index is 2.68. The second kappa shape index (κ2) is 7.85. The lowest BCUT2D eigenvalue weighted by molar-refractivity contribution is -0.143. The van der Waals surface area contributed by atoms with Crippen LogP contribution in [0.3, 0.4) is 0 Å². The topological polar surface area (TPSA) is 76.1 Å². The lowest BCUT2D eigenvalue weighted by Crippen LogP contribution is -2.31. The Morgan fingerprint density at radius 1 is 1.22 bits per heavy atom. The number of ether oxygens (including phenoxy) is 2. The molecule has 0 saturated carbocycles. The lowest BCUT2D eigenvalue weighted by atomic mass is 9.85. The van der Waals surface area contributed by atoms with Crippen LogP contribution in [-0.4, -0.2) is 43.2 Å². The molecule has 128 valence electrons. The van der Waals surface area contributed by atoms with E-state index in [0.29, 0.717) is 12.3 Å². The van der Waals surface area contributed by atoms with Crippen molar-refractivity contribution >= 4 is 11.9 Å². The van der Waals surface area contributed by atoms with Crippen molar-refractivity contribution in [3.8, 4) is 11.5 Å². The molecule has 0 atom stereocenters. The maximum absolute atomic E-state index is 12.3. The van der Waals surface area contributed by atoms with Crippen molar-refractivity contribution < 1.29 is 24.2 Å². The van der Waals surface area contributed by atoms with E-state index in [0.717, 1.165) is 5.56 Å². The summed E-state index contributed by atoms with van der Waals surface area (Å²) < 4.78 is 9.72. The molecule has 0 unspecified atom stereocenters. The highest BCUT2D eigenvalue weighted by Gasteiger charge is 2.27. The number of amides is 1. The third-order valence-electron chi connectivity index (χ3n) is 3.57. The van der Waals surface area contributed by atoms with Gasteiger partial charge < -0.3 is 19.5 Å². The second-order valence-electron chi connectivity index (χ2n) is 6.35. The summed E-state index contributed by atoms with van der Waals surface area (Å²) >= 11 is 0. The Morgan fingerprint density at radius 2 is 1.87 bits per heavy atom. The lowest BCUT2D eigenvalue weighted by Gasteiger charge is -2.26. The number of phenolic OH excluding ortho intramolecular Hbond substituents is 1. The molecule has 0 radical (unpaired) electrons. The van der Waals surface area contributed by atoms with Gasteiger partial charge in [-0.3, -0.25) is 9.59 Å². The summed E-state index contributed by atoms with van der Waals surface area (Å²) in [5.41, 5.74) is 0.381. The fourth-order valence-electron chi connectivity index (χ4n) is 2.25. The van der Waals surface area contributed by atoms with Crippen molar-refractivity contribution in [1.82, 2.24) is 4.90 Å². The van der Waals surface area contributed by atoms with Crippen molar-refractivity contribution in [2.75, 3.05) is 21.3 Å². The quantitative estimate of drug-likeness (QED) is 0.780. The summed E-state index contributed by atoms with van der Waals surface area (Å²) in [5.74, 6) is 0.0403. The molecule has 0 spiro atoms. The first-order valence-corrected chi connectivity index (χ1v) is 7.35. The summed E-state index contributed by atoms with van der Waals surface area (Å²) in [5, 5.41) is 9.59. The molecule has 0 fully saturated rings. The number of phenols is 1. The number of methoxy groups -OCH3 is 2. The molecule has 1 aromatic carbocycles. The fraction of sp³-hybridized carbons (Fsp3) is 0.529. The van der Waals surface area contributed by atoms with E-state index in [1.54, 1.807) is 24.1 Å². The number of benzene rings is 1. The van der Waals surface area contributed by atoms with Crippen LogP contribution in [0, 0.1) is 5.41 Å². The minimum Gasteiger partial charge on any atom is -0.504 e. The van der Waals surface area contributed by atoms with Gasteiger partial charge in [0.1, 0.15) is 0 Å². The molecular weight excluding hydrogens is 298 g/mol. The number of nitrogens with zero attached hydrogens (tertiary/aromatic N) is 1. The summed E-state index contributed by atoms with van der Waals surface area (Å²) in [6.45, 7) is 4.11. The van der Waals surface area contributed by atoms with Gasteiger partial charge in [-0.05, 0) is 23.1 Å². The molecule has 0 aliphatic rings. The van der Waals surface area contributed by atoms with E-state index in [-0.39, 0.29) is 30.5 Å². The van der Waals surface area contributed by atoms with Crippen LogP contribution in [0.5, 0.6) is 11.5 Å². The van der Waals surface area contributed by atoms with Crippen LogP contribution in [0.25, 0.3) is 0 Å². The van der Waals surface area contributed by atoms with Crippen molar-refractivity contribution in [2.24, 2.45) is 5.41 Å². The molecule has 0 aliphatic heterocycles. The Morgan fingerprint density at radius 3 is 2.43 bits per heavy atom. The molecule has 6 heteroatoms. The van der Waals surface area contributed by atoms with E-state index in [1.165, 1.54) is 20.3 Å². The Kier molecular flexibility index (Phi) is 6.42. The van der Waals surface area contributed by atoms with Crippen LogP contribution >= 0.6 is 0 Å². The predicted octanol–water partition coefficient (Wildman–Crippen LogP) is 2.34. The number of esters is 1. The van der Waals surface area contributed by atoms with E-state index in [1.807, 2.05) is 13.8 Å². The summed E-state index contributed by atoms with van der Waals surface area (Å²) in [4.78, 5) is 25.3. The smallest absolute Gasteiger partial charge is 0.306 e. The van der Waals surface area contributed by atoms with Gasteiger partial charge in [0, 0.05) is 20.0 Å². The molecule has 0 aromatic heterocycles. The van der Waals surface area contributed by atoms with Gasteiger partial charge in [-0.25, -0.2) is 0 Å². The molecule has 6 nitrogen and oxygen atoms in total. The van der Waals surface area contributed by atoms with Gasteiger partial charge in [-0.2, -0.15) is 0 Å². The number of aromatic hydroxyl groups is 1.